The number of likely N-dealkylation sites (tertiary alicyclic amines) is 1. The van der Waals surface area contributed by atoms with Gasteiger partial charge in [0.2, 0.25) is 0 Å². The van der Waals surface area contributed by atoms with Crippen LogP contribution in [0.4, 0.5) is 0 Å². The number of ether oxygens (including phenoxy) is 1. The highest BCUT2D eigenvalue weighted by Crippen LogP contribution is 2.13. The van der Waals surface area contributed by atoms with Gasteiger partial charge in [0.25, 0.3) is 0 Å². The van der Waals surface area contributed by atoms with Gasteiger partial charge in [-0.1, -0.05) is 13.3 Å². The van der Waals surface area contributed by atoms with Gasteiger partial charge in [-0.3, -0.25) is 0 Å². The summed E-state index contributed by atoms with van der Waals surface area (Å²) in [7, 11) is 0. The molecule has 0 bridgehead atoms. The summed E-state index contributed by atoms with van der Waals surface area (Å²) in [5.41, 5.74) is 0. The second-order valence-corrected chi connectivity index (χ2v) is 6.03. The van der Waals surface area contributed by atoms with Crippen LogP contribution in [0.1, 0.15) is 59.3 Å². The van der Waals surface area contributed by atoms with E-state index in [-0.39, 0.29) is 0 Å². The molecule has 0 radical (unpaired) electrons. The SMILES string of the molecule is CCCCOCCCNC1CCCN(C(C)C)CC1. The zero-order valence-corrected chi connectivity index (χ0v) is 13.3. The number of nitrogens with one attached hydrogen (secondary N) is 1. The molecule has 19 heavy (non-hydrogen) atoms. The predicted octanol–water partition coefficient (Wildman–Crippen LogP) is 3.05. The summed E-state index contributed by atoms with van der Waals surface area (Å²) in [5.74, 6) is 0. The summed E-state index contributed by atoms with van der Waals surface area (Å²) in [6, 6.07) is 1.42. The van der Waals surface area contributed by atoms with E-state index in [0.717, 1.165) is 32.2 Å². The first-order chi connectivity index (χ1) is 9.24. The molecule has 1 unspecified atom stereocenters. The number of nitrogens with zero attached hydrogens (tertiary/aromatic N) is 1. The Labute approximate surface area is 120 Å². The van der Waals surface area contributed by atoms with Crippen LogP contribution < -0.4 is 5.32 Å². The van der Waals surface area contributed by atoms with E-state index in [9.17, 15) is 0 Å². The number of hydrogen-bond acceptors (Lipinski definition) is 3. The highest BCUT2D eigenvalue weighted by atomic mass is 16.5. The third-order valence-corrected chi connectivity index (χ3v) is 4.03. The third kappa shape index (κ3) is 7.91. The lowest BCUT2D eigenvalue weighted by Crippen LogP contribution is -2.34. The van der Waals surface area contributed by atoms with Gasteiger partial charge in [-0.2, -0.15) is 0 Å². The molecule has 0 aromatic rings. The Morgan fingerprint density at radius 1 is 1.16 bits per heavy atom. The molecule has 1 fully saturated rings. The maximum Gasteiger partial charge on any atom is 0.0478 e. The first-order valence-electron chi connectivity index (χ1n) is 8.29. The Kier molecular flexibility index (Phi) is 9.48. The molecule has 0 aromatic carbocycles. The van der Waals surface area contributed by atoms with Crippen molar-refractivity contribution in [3.05, 3.63) is 0 Å². The molecule has 1 aliphatic heterocycles. The van der Waals surface area contributed by atoms with Crippen LogP contribution in [0.25, 0.3) is 0 Å². The molecule has 0 aromatic heterocycles. The summed E-state index contributed by atoms with van der Waals surface area (Å²) in [4.78, 5) is 2.61. The number of rotatable bonds is 9. The van der Waals surface area contributed by atoms with Crippen LogP contribution >= 0.6 is 0 Å². The summed E-state index contributed by atoms with van der Waals surface area (Å²) >= 11 is 0. The van der Waals surface area contributed by atoms with E-state index in [2.05, 4.69) is 31.0 Å². The molecular formula is C16H34N2O. The van der Waals surface area contributed by atoms with Crippen LogP contribution in [0.15, 0.2) is 0 Å². The smallest absolute Gasteiger partial charge is 0.0478 e. The van der Waals surface area contributed by atoms with Crippen LogP contribution in [-0.4, -0.2) is 49.8 Å². The summed E-state index contributed by atoms with van der Waals surface area (Å²) in [5, 5.41) is 3.71. The molecule has 1 N–H and O–H groups in total. The Morgan fingerprint density at radius 2 is 1.95 bits per heavy atom. The molecule has 3 heteroatoms. The lowest BCUT2D eigenvalue weighted by Gasteiger charge is -2.24. The van der Waals surface area contributed by atoms with Crippen LogP contribution in [0.5, 0.6) is 0 Å². The molecule has 1 heterocycles. The highest BCUT2D eigenvalue weighted by Gasteiger charge is 2.17. The van der Waals surface area contributed by atoms with Crippen molar-refractivity contribution in [2.45, 2.75) is 71.4 Å². The number of hydrogen-bond donors (Lipinski definition) is 1. The quantitative estimate of drug-likeness (QED) is 0.652. The van der Waals surface area contributed by atoms with Crippen molar-refractivity contribution in [2.24, 2.45) is 0 Å². The highest BCUT2D eigenvalue weighted by molar-refractivity contribution is 4.76. The van der Waals surface area contributed by atoms with Crippen molar-refractivity contribution in [3.8, 4) is 0 Å². The van der Waals surface area contributed by atoms with E-state index in [1.165, 1.54) is 45.2 Å². The fourth-order valence-electron chi connectivity index (χ4n) is 2.67. The van der Waals surface area contributed by atoms with E-state index in [4.69, 9.17) is 4.74 Å². The fourth-order valence-corrected chi connectivity index (χ4v) is 2.67. The van der Waals surface area contributed by atoms with Crippen LogP contribution in [-0.2, 0) is 4.74 Å². The Hall–Kier alpha value is -0.120. The third-order valence-electron chi connectivity index (χ3n) is 4.03. The van der Waals surface area contributed by atoms with Crippen molar-refractivity contribution in [1.29, 1.82) is 0 Å². The van der Waals surface area contributed by atoms with Gasteiger partial charge in [0, 0.05) is 25.3 Å². The van der Waals surface area contributed by atoms with Crippen molar-refractivity contribution in [2.75, 3.05) is 32.8 Å². The van der Waals surface area contributed by atoms with E-state index in [1.54, 1.807) is 0 Å². The normalized spacial score (nSPS) is 21.8. The lowest BCUT2D eigenvalue weighted by atomic mass is 10.1. The van der Waals surface area contributed by atoms with Crippen molar-refractivity contribution in [1.82, 2.24) is 10.2 Å². The Morgan fingerprint density at radius 3 is 2.68 bits per heavy atom. The van der Waals surface area contributed by atoms with Crippen molar-refractivity contribution >= 4 is 0 Å². The average molecular weight is 270 g/mol. The summed E-state index contributed by atoms with van der Waals surface area (Å²) in [6.07, 6.45) is 7.54. The molecular weight excluding hydrogens is 236 g/mol. The second-order valence-electron chi connectivity index (χ2n) is 6.03. The van der Waals surface area contributed by atoms with Crippen LogP contribution in [0.2, 0.25) is 0 Å². The minimum atomic E-state index is 0.700. The standard InChI is InChI=1S/C16H34N2O/c1-4-5-13-19-14-7-10-17-16-8-6-11-18(12-9-16)15(2)3/h15-17H,4-14H2,1-3H3. The van der Waals surface area contributed by atoms with Crippen LogP contribution in [0.3, 0.4) is 0 Å². The topological polar surface area (TPSA) is 24.5 Å². The van der Waals surface area contributed by atoms with Crippen molar-refractivity contribution < 1.29 is 4.74 Å². The van der Waals surface area contributed by atoms with E-state index in [0.29, 0.717) is 6.04 Å². The molecule has 1 aliphatic rings. The zero-order valence-electron chi connectivity index (χ0n) is 13.3. The molecule has 0 spiro atoms. The maximum atomic E-state index is 5.59. The minimum absolute atomic E-state index is 0.700. The van der Waals surface area contributed by atoms with Gasteiger partial charge >= 0.3 is 0 Å². The van der Waals surface area contributed by atoms with Crippen LogP contribution in [0, 0.1) is 0 Å². The summed E-state index contributed by atoms with van der Waals surface area (Å²) in [6.45, 7) is 12.3. The monoisotopic (exact) mass is 270 g/mol. The molecule has 0 amide bonds. The van der Waals surface area contributed by atoms with Gasteiger partial charge in [-0.25, -0.2) is 0 Å². The fraction of sp³-hybridized carbons (Fsp3) is 1.00. The van der Waals surface area contributed by atoms with Gasteiger partial charge in [0.15, 0.2) is 0 Å². The Balaban J connectivity index is 2.00. The van der Waals surface area contributed by atoms with E-state index in [1.807, 2.05) is 0 Å². The molecule has 0 aliphatic carbocycles. The molecule has 3 nitrogen and oxygen atoms in total. The predicted molar refractivity (Wildman–Crippen MR) is 82.7 cm³/mol. The molecule has 0 saturated carbocycles. The first-order valence-corrected chi connectivity index (χ1v) is 8.29. The van der Waals surface area contributed by atoms with Crippen molar-refractivity contribution in [3.63, 3.8) is 0 Å². The van der Waals surface area contributed by atoms with Gasteiger partial charge in [0.05, 0.1) is 0 Å². The largest absolute Gasteiger partial charge is 0.381 e. The second kappa shape index (κ2) is 10.6. The van der Waals surface area contributed by atoms with E-state index < -0.39 is 0 Å². The van der Waals surface area contributed by atoms with Gasteiger partial charge in [-0.05, 0) is 65.6 Å². The van der Waals surface area contributed by atoms with E-state index >= 15 is 0 Å². The minimum Gasteiger partial charge on any atom is -0.381 e. The zero-order chi connectivity index (χ0) is 13.9. The maximum absolute atomic E-state index is 5.59. The molecule has 114 valence electrons. The van der Waals surface area contributed by atoms with Gasteiger partial charge in [0.1, 0.15) is 0 Å². The molecule has 1 saturated heterocycles. The average Bonchev–Trinajstić information content (AvgIpc) is 2.63. The van der Waals surface area contributed by atoms with Gasteiger partial charge < -0.3 is 15.0 Å². The van der Waals surface area contributed by atoms with Gasteiger partial charge in [-0.15, -0.1) is 0 Å². The lowest BCUT2D eigenvalue weighted by molar-refractivity contribution is 0.128. The molecule has 1 atom stereocenters. The summed E-state index contributed by atoms with van der Waals surface area (Å²) < 4.78 is 5.59. The first kappa shape index (κ1) is 16.9. The molecule has 1 rings (SSSR count). The number of unbranched alkanes of at least 4 members (excludes halogenated alkanes) is 1. The Bertz CT molecular complexity index is 209.